The first-order valence-electron chi connectivity index (χ1n) is 5.25. The van der Waals surface area contributed by atoms with Gasteiger partial charge in [0.1, 0.15) is 11.9 Å². The first kappa shape index (κ1) is 9.68. The lowest BCUT2D eigenvalue weighted by atomic mass is 10.1. The molecule has 0 amide bonds. The Bertz CT molecular complexity index is 291. The van der Waals surface area contributed by atoms with E-state index in [2.05, 4.69) is 17.2 Å². The van der Waals surface area contributed by atoms with Crippen molar-refractivity contribution in [1.29, 1.82) is 0 Å². The Morgan fingerprint density at radius 3 is 3.29 bits per heavy atom. The van der Waals surface area contributed by atoms with Crippen LogP contribution in [0.4, 0.5) is 0 Å². The van der Waals surface area contributed by atoms with Crippen molar-refractivity contribution >= 4 is 0 Å². The first-order chi connectivity index (χ1) is 6.83. The molecule has 4 heteroatoms. The summed E-state index contributed by atoms with van der Waals surface area (Å²) in [7, 11) is 0. The lowest BCUT2D eigenvalue weighted by molar-refractivity contribution is 0.124. The standard InChI is InChI=1S/C10H17N3O/c1-2-13-7-6-12-10(13)9(14)8-4-3-5-11-8/h6-9,11,14H,2-5H2,1H3. The van der Waals surface area contributed by atoms with Crippen molar-refractivity contribution in [3.63, 3.8) is 0 Å². The van der Waals surface area contributed by atoms with Gasteiger partial charge < -0.3 is 15.0 Å². The average molecular weight is 195 g/mol. The number of aliphatic hydroxyl groups is 1. The molecule has 1 aliphatic rings. The molecule has 78 valence electrons. The number of rotatable bonds is 3. The third kappa shape index (κ3) is 1.67. The fourth-order valence-corrected chi connectivity index (χ4v) is 2.02. The number of aliphatic hydroxyl groups excluding tert-OH is 1. The third-order valence-electron chi connectivity index (χ3n) is 2.83. The van der Waals surface area contributed by atoms with Gasteiger partial charge in [0.25, 0.3) is 0 Å². The molecule has 0 bridgehead atoms. The second-order valence-electron chi connectivity index (χ2n) is 3.72. The number of hydrogen-bond donors (Lipinski definition) is 2. The Hall–Kier alpha value is -0.870. The Balaban J connectivity index is 2.12. The zero-order chi connectivity index (χ0) is 9.97. The summed E-state index contributed by atoms with van der Waals surface area (Å²) in [5, 5.41) is 13.4. The minimum Gasteiger partial charge on any atom is -0.384 e. The van der Waals surface area contributed by atoms with E-state index in [0.717, 1.165) is 31.8 Å². The monoisotopic (exact) mass is 195 g/mol. The zero-order valence-corrected chi connectivity index (χ0v) is 8.48. The van der Waals surface area contributed by atoms with Gasteiger partial charge in [0.05, 0.1) is 0 Å². The number of hydrogen-bond acceptors (Lipinski definition) is 3. The maximum absolute atomic E-state index is 10.1. The van der Waals surface area contributed by atoms with Gasteiger partial charge in [0.15, 0.2) is 0 Å². The van der Waals surface area contributed by atoms with Gasteiger partial charge in [-0.1, -0.05) is 0 Å². The molecule has 4 nitrogen and oxygen atoms in total. The summed E-state index contributed by atoms with van der Waals surface area (Å²) in [4.78, 5) is 4.20. The van der Waals surface area contributed by atoms with Gasteiger partial charge in [-0.15, -0.1) is 0 Å². The summed E-state index contributed by atoms with van der Waals surface area (Å²) in [5.74, 6) is 0.784. The largest absolute Gasteiger partial charge is 0.384 e. The molecular weight excluding hydrogens is 178 g/mol. The van der Waals surface area contributed by atoms with E-state index >= 15 is 0 Å². The summed E-state index contributed by atoms with van der Waals surface area (Å²) in [6, 6.07) is 0.183. The highest BCUT2D eigenvalue weighted by Crippen LogP contribution is 2.21. The van der Waals surface area contributed by atoms with Gasteiger partial charge in [-0.25, -0.2) is 4.98 Å². The second-order valence-corrected chi connectivity index (χ2v) is 3.72. The molecule has 0 radical (unpaired) electrons. The summed E-state index contributed by atoms with van der Waals surface area (Å²) < 4.78 is 1.99. The molecule has 1 fully saturated rings. The van der Waals surface area contributed by atoms with Crippen LogP contribution in [0, 0.1) is 0 Å². The van der Waals surface area contributed by atoms with E-state index in [1.807, 2.05) is 10.8 Å². The molecule has 14 heavy (non-hydrogen) atoms. The number of imidazole rings is 1. The van der Waals surface area contributed by atoms with E-state index in [9.17, 15) is 5.11 Å². The van der Waals surface area contributed by atoms with Gasteiger partial charge >= 0.3 is 0 Å². The van der Waals surface area contributed by atoms with E-state index in [0.29, 0.717) is 0 Å². The van der Waals surface area contributed by atoms with Crippen molar-refractivity contribution in [2.45, 2.75) is 38.5 Å². The summed E-state index contributed by atoms with van der Waals surface area (Å²) >= 11 is 0. The van der Waals surface area contributed by atoms with E-state index in [1.54, 1.807) is 6.20 Å². The van der Waals surface area contributed by atoms with Crippen molar-refractivity contribution in [3.8, 4) is 0 Å². The fourth-order valence-electron chi connectivity index (χ4n) is 2.02. The smallest absolute Gasteiger partial charge is 0.139 e. The maximum atomic E-state index is 10.1. The van der Waals surface area contributed by atoms with Gasteiger partial charge in [-0.05, 0) is 26.3 Å². The maximum Gasteiger partial charge on any atom is 0.139 e. The van der Waals surface area contributed by atoms with Crippen molar-refractivity contribution in [1.82, 2.24) is 14.9 Å². The fraction of sp³-hybridized carbons (Fsp3) is 0.700. The Morgan fingerprint density at radius 1 is 1.79 bits per heavy atom. The van der Waals surface area contributed by atoms with Crippen molar-refractivity contribution in [3.05, 3.63) is 18.2 Å². The van der Waals surface area contributed by atoms with Gasteiger partial charge in [0.2, 0.25) is 0 Å². The topological polar surface area (TPSA) is 50.1 Å². The van der Waals surface area contributed by atoms with Gasteiger partial charge in [0, 0.05) is 25.0 Å². The number of aromatic nitrogens is 2. The van der Waals surface area contributed by atoms with Crippen LogP contribution in [-0.2, 0) is 6.54 Å². The molecular formula is C10H17N3O. The molecule has 2 rings (SSSR count). The molecule has 0 saturated carbocycles. The van der Waals surface area contributed by atoms with Crippen LogP contribution in [0.15, 0.2) is 12.4 Å². The second kappa shape index (κ2) is 4.11. The molecule has 1 aromatic rings. The Kier molecular flexibility index (Phi) is 2.84. The Labute approximate surface area is 84.0 Å². The van der Waals surface area contributed by atoms with Crippen molar-refractivity contribution < 1.29 is 5.11 Å². The van der Waals surface area contributed by atoms with Crippen LogP contribution < -0.4 is 5.32 Å². The highest BCUT2D eigenvalue weighted by atomic mass is 16.3. The number of aryl methyl sites for hydroxylation is 1. The van der Waals surface area contributed by atoms with Crippen LogP contribution in [0.5, 0.6) is 0 Å². The number of nitrogens with one attached hydrogen (secondary N) is 1. The van der Waals surface area contributed by atoms with E-state index in [4.69, 9.17) is 0 Å². The van der Waals surface area contributed by atoms with Crippen LogP contribution >= 0.6 is 0 Å². The van der Waals surface area contributed by atoms with Crippen molar-refractivity contribution in [2.75, 3.05) is 6.54 Å². The van der Waals surface area contributed by atoms with Crippen LogP contribution in [-0.4, -0.2) is 27.2 Å². The van der Waals surface area contributed by atoms with E-state index in [1.165, 1.54) is 0 Å². The van der Waals surface area contributed by atoms with Crippen LogP contribution in [0.3, 0.4) is 0 Å². The van der Waals surface area contributed by atoms with E-state index in [-0.39, 0.29) is 6.04 Å². The van der Waals surface area contributed by atoms with Gasteiger partial charge in [-0.2, -0.15) is 0 Å². The molecule has 0 aliphatic carbocycles. The van der Waals surface area contributed by atoms with E-state index < -0.39 is 6.10 Å². The highest BCUT2D eigenvalue weighted by Gasteiger charge is 2.26. The normalized spacial score (nSPS) is 24.0. The summed E-state index contributed by atoms with van der Waals surface area (Å²) in [6.07, 6.45) is 5.38. The minimum atomic E-state index is -0.465. The highest BCUT2D eigenvalue weighted by molar-refractivity contribution is 5.01. The minimum absolute atomic E-state index is 0.183. The van der Waals surface area contributed by atoms with Gasteiger partial charge in [-0.3, -0.25) is 0 Å². The lowest BCUT2D eigenvalue weighted by Crippen LogP contribution is -2.30. The molecule has 2 unspecified atom stereocenters. The first-order valence-corrected chi connectivity index (χ1v) is 5.25. The number of nitrogens with zero attached hydrogens (tertiary/aromatic N) is 2. The van der Waals surface area contributed by atoms with Crippen LogP contribution in [0.1, 0.15) is 31.7 Å². The summed E-state index contributed by atoms with van der Waals surface area (Å²) in [6.45, 7) is 3.92. The summed E-state index contributed by atoms with van der Waals surface area (Å²) in [5.41, 5.74) is 0. The molecule has 2 N–H and O–H groups in total. The van der Waals surface area contributed by atoms with Crippen LogP contribution in [0.25, 0.3) is 0 Å². The third-order valence-corrected chi connectivity index (χ3v) is 2.83. The molecule has 2 atom stereocenters. The van der Waals surface area contributed by atoms with Crippen molar-refractivity contribution in [2.24, 2.45) is 0 Å². The predicted octanol–water partition coefficient (Wildman–Crippen LogP) is 0.688. The van der Waals surface area contributed by atoms with Crippen LogP contribution in [0.2, 0.25) is 0 Å². The predicted molar refractivity (Wildman–Crippen MR) is 53.9 cm³/mol. The molecule has 2 heterocycles. The molecule has 1 aromatic heterocycles. The lowest BCUT2D eigenvalue weighted by Gasteiger charge is -2.18. The molecule has 1 aliphatic heterocycles. The molecule has 1 saturated heterocycles. The molecule has 0 spiro atoms. The molecule has 0 aromatic carbocycles. The zero-order valence-electron chi connectivity index (χ0n) is 8.48. The quantitative estimate of drug-likeness (QED) is 0.746. The Morgan fingerprint density at radius 2 is 2.64 bits per heavy atom. The SMILES string of the molecule is CCn1ccnc1C(O)C1CCCN1. The average Bonchev–Trinajstić information content (AvgIpc) is 2.87.